The van der Waals surface area contributed by atoms with Crippen molar-refractivity contribution in [3.05, 3.63) is 29.3 Å². The van der Waals surface area contributed by atoms with E-state index in [1.165, 1.54) is 0 Å². The smallest absolute Gasteiger partial charge is 0.258 e. The van der Waals surface area contributed by atoms with Gasteiger partial charge < -0.3 is 15.2 Å². The Morgan fingerprint density at radius 2 is 2.18 bits per heavy atom. The first-order valence-corrected chi connectivity index (χ1v) is 5.64. The SMILES string of the molecule is Cc1cccc(OCC(=O)NC[C@H](C)O)c1C. The quantitative estimate of drug-likeness (QED) is 0.808. The summed E-state index contributed by atoms with van der Waals surface area (Å²) >= 11 is 0. The molecule has 0 saturated carbocycles. The summed E-state index contributed by atoms with van der Waals surface area (Å²) in [6.45, 7) is 5.78. The standard InChI is InChI=1S/C13H19NO3/c1-9-5-4-6-12(11(9)3)17-8-13(16)14-7-10(2)15/h4-6,10,15H,7-8H2,1-3H3,(H,14,16)/t10-/m0/s1. The largest absolute Gasteiger partial charge is 0.483 e. The van der Waals surface area contributed by atoms with Crippen LogP contribution in [0.3, 0.4) is 0 Å². The molecule has 0 bridgehead atoms. The number of aryl methyl sites for hydroxylation is 1. The highest BCUT2D eigenvalue weighted by atomic mass is 16.5. The van der Waals surface area contributed by atoms with Crippen molar-refractivity contribution >= 4 is 5.91 Å². The lowest BCUT2D eigenvalue weighted by atomic mass is 10.1. The Bertz CT molecular complexity index is 388. The molecule has 1 atom stereocenters. The second-order valence-corrected chi connectivity index (χ2v) is 4.14. The zero-order valence-corrected chi connectivity index (χ0v) is 10.5. The van der Waals surface area contributed by atoms with Crippen LogP contribution in [0.2, 0.25) is 0 Å². The van der Waals surface area contributed by atoms with Gasteiger partial charge in [-0.05, 0) is 38.0 Å². The maximum Gasteiger partial charge on any atom is 0.258 e. The van der Waals surface area contributed by atoms with E-state index in [-0.39, 0.29) is 19.1 Å². The number of hydrogen-bond acceptors (Lipinski definition) is 3. The summed E-state index contributed by atoms with van der Waals surface area (Å²) in [4.78, 5) is 11.4. The predicted molar refractivity (Wildman–Crippen MR) is 66.1 cm³/mol. The fourth-order valence-electron chi connectivity index (χ4n) is 1.34. The van der Waals surface area contributed by atoms with Crippen molar-refractivity contribution < 1.29 is 14.6 Å². The van der Waals surface area contributed by atoms with Crippen molar-refractivity contribution in [2.75, 3.05) is 13.2 Å². The van der Waals surface area contributed by atoms with Gasteiger partial charge in [-0.3, -0.25) is 4.79 Å². The third-order valence-corrected chi connectivity index (χ3v) is 2.51. The Morgan fingerprint density at radius 1 is 1.47 bits per heavy atom. The number of amides is 1. The van der Waals surface area contributed by atoms with Gasteiger partial charge in [0, 0.05) is 6.54 Å². The minimum Gasteiger partial charge on any atom is -0.483 e. The molecular weight excluding hydrogens is 218 g/mol. The highest BCUT2D eigenvalue weighted by Gasteiger charge is 2.06. The molecule has 0 spiro atoms. The van der Waals surface area contributed by atoms with Crippen molar-refractivity contribution in [3.63, 3.8) is 0 Å². The van der Waals surface area contributed by atoms with Crippen molar-refractivity contribution in [3.8, 4) is 5.75 Å². The van der Waals surface area contributed by atoms with E-state index in [2.05, 4.69) is 5.32 Å². The molecule has 1 aromatic carbocycles. The van der Waals surface area contributed by atoms with Gasteiger partial charge in [-0.2, -0.15) is 0 Å². The molecule has 0 aliphatic carbocycles. The molecule has 1 amide bonds. The zero-order chi connectivity index (χ0) is 12.8. The highest BCUT2D eigenvalue weighted by molar-refractivity contribution is 5.77. The molecule has 0 aromatic heterocycles. The molecule has 0 fully saturated rings. The number of carbonyl (C=O) groups excluding carboxylic acids is 1. The van der Waals surface area contributed by atoms with Crippen LogP contribution in [-0.4, -0.2) is 30.3 Å². The highest BCUT2D eigenvalue weighted by Crippen LogP contribution is 2.20. The monoisotopic (exact) mass is 237 g/mol. The van der Waals surface area contributed by atoms with E-state index >= 15 is 0 Å². The van der Waals surface area contributed by atoms with Crippen molar-refractivity contribution in [2.24, 2.45) is 0 Å². The molecule has 0 aliphatic heterocycles. The molecule has 4 nitrogen and oxygen atoms in total. The second kappa shape index (κ2) is 6.25. The van der Waals surface area contributed by atoms with Gasteiger partial charge in [-0.25, -0.2) is 0 Å². The number of benzene rings is 1. The molecule has 0 radical (unpaired) electrons. The minimum absolute atomic E-state index is 0.0307. The van der Waals surface area contributed by atoms with E-state index in [1.807, 2.05) is 32.0 Å². The number of aliphatic hydroxyl groups is 1. The fraction of sp³-hybridized carbons (Fsp3) is 0.462. The first-order chi connectivity index (χ1) is 8.00. The number of aliphatic hydroxyl groups excluding tert-OH is 1. The van der Waals surface area contributed by atoms with Crippen LogP contribution in [0.25, 0.3) is 0 Å². The summed E-state index contributed by atoms with van der Waals surface area (Å²) in [6, 6.07) is 5.73. The Kier molecular flexibility index (Phi) is 4.97. The van der Waals surface area contributed by atoms with Crippen LogP contribution in [0, 0.1) is 13.8 Å². The number of nitrogens with one attached hydrogen (secondary N) is 1. The van der Waals surface area contributed by atoms with E-state index in [1.54, 1.807) is 6.92 Å². The molecule has 1 rings (SSSR count). The second-order valence-electron chi connectivity index (χ2n) is 4.14. The molecule has 0 unspecified atom stereocenters. The van der Waals surface area contributed by atoms with Crippen LogP contribution in [0.1, 0.15) is 18.1 Å². The number of carbonyl (C=O) groups is 1. The van der Waals surface area contributed by atoms with Crippen molar-refractivity contribution in [1.29, 1.82) is 0 Å². The van der Waals surface area contributed by atoms with Gasteiger partial charge in [0.05, 0.1) is 6.10 Å². The van der Waals surface area contributed by atoms with Crippen LogP contribution in [0.5, 0.6) is 5.75 Å². The Labute approximate surface area is 102 Å². The van der Waals surface area contributed by atoms with Gasteiger partial charge in [0.2, 0.25) is 0 Å². The summed E-state index contributed by atoms with van der Waals surface area (Å²) in [7, 11) is 0. The van der Waals surface area contributed by atoms with Gasteiger partial charge in [-0.15, -0.1) is 0 Å². The summed E-state index contributed by atoms with van der Waals surface area (Å²) in [5.74, 6) is 0.490. The van der Waals surface area contributed by atoms with E-state index in [0.717, 1.165) is 16.9 Å². The lowest BCUT2D eigenvalue weighted by Gasteiger charge is -2.11. The normalized spacial score (nSPS) is 12.0. The summed E-state index contributed by atoms with van der Waals surface area (Å²) in [5.41, 5.74) is 2.17. The van der Waals surface area contributed by atoms with Crippen LogP contribution in [0.4, 0.5) is 0 Å². The number of hydrogen-bond donors (Lipinski definition) is 2. The first kappa shape index (κ1) is 13.5. The number of ether oxygens (including phenoxy) is 1. The van der Waals surface area contributed by atoms with Crippen LogP contribution >= 0.6 is 0 Å². The Balaban J connectivity index is 2.45. The Hall–Kier alpha value is -1.55. The van der Waals surface area contributed by atoms with Gasteiger partial charge in [0.1, 0.15) is 5.75 Å². The van der Waals surface area contributed by atoms with Crippen LogP contribution in [0.15, 0.2) is 18.2 Å². The van der Waals surface area contributed by atoms with Crippen molar-refractivity contribution in [2.45, 2.75) is 26.9 Å². The molecule has 2 N–H and O–H groups in total. The van der Waals surface area contributed by atoms with E-state index < -0.39 is 6.10 Å². The van der Waals surface area contributed by atoms with Gasteiger partial charge >= 0.3 is 0 Å². The average molecular weight is 237 g/mol. The predicted octanol–water partition coefficient (Wildman–Crippen LogP) is 1.18. The fourth-order valence-corrected chi connectivity index (χ4v) is 1.34. The lowest BCUT2D eigenvalue weighted by Crippen LogP contribution is -2.34. The van der Waals surface area contributed by atoms with E-state index in [4.69, 9.17) is 9.84 Å². The Morgan fingerprint density at radius 3 is 2.82 bits per heavy atom. The maximum atomic E-state index is 11.4. The van der Waals surface area contributed by atoms with Crippen LogP contribution < -0.4 is 10.1 Å². The third kappa shape index (κ3) is 4.44. The number of rotatable bonds is 5. The van der Waals surface area contributed by atoms with E-state index in [0.29, 0.717) is 0 Å². The van der Waals surface area contributed by atoms with Crippen LogP contribution in [-0.2, 0) is 4.79 Å². The molecule has 0 saturated heterocycles. The molecule has 1 aromatic rings. The van der Waals surface area contributed by atoms with E-state index in [9.17, 15) is 4.79 Å². The summed E-state index contributed by atoms with van der Waals surface area (Å²) < 4.78 is 5.42. The van der Waals surface area contributed by atoms with Gasteiger partial charge in [0.15, 0.2) is 6.61 Å². The summed E-state index contributed by atoms with van der Waals surface area (Å²) in [6.07, 6.45) is -0.542. The maximum absolute atomic E-state index is 11.4. The molecular formula is C13H19NO3. The van der Waals surface area contributed by atoms with Gasteiger partial charge in [-0.1, -0.05) is 12.1 Å². The lowest BCUT2D eigenvalue weighted by molar-refractivity contribution is -0.123. The topological polar surface area (TPSA) is 58.6 Å². The zero-order valence-electron chi connectivity index (χ0n) is 10.5. The molecule has 4 heteroatoms. The van der Waals surface area contributed by atoms with Crippen molar-refractivity contribution in [1.82, 2.24) is 5.32 Å². The molecule has 94 valence electrons. The molecule has 17 heavy (non-hydrogen) atoms. The minimum atomic E-state index is -0.542. The summed E-state index contributed by atoms with van der Waals surface area (Å²) in [5, 5.41) is 11.6. The molecule has 0 aliphatic rings. The third-order valence-electron chi connectivity index (χ3n) is 2.51. The van der Waals surface area contributed by atoms with Gasteiger partial charge in [0.25, 0.3) is 5.91 Å². The average Bonchev–Trinajstić information content (AvgIpc) is 2.28. The first-order valence-electron chi connectivity index (χ1n) is 5.64. The molecule has 0 heterocycles.